The van der Waals surface area contributed by atoms with E-state index >= 15 is 0 Å². The Morgan fingerprint density at radius 3 is 2.47 bits per heavy atom. The Labute approximate surface area is 92.0 Å². The fourth-order valence-corrected chi connectivity index (χ4v) is 1.62. The fraction of sp³-hybridized carbons (Fsp3) is 0.909. The molecular formula is C11H22N2O2. The van der Waals surface area contributed by atoms with Crippen molar-refractivity contribution in [3.8, 4) is 0 Å². The lowest BCUT2D eigenvalue weighted by Gasteiger charge is -2.41. The van der Waals surface area contributed by atoms with Crippen LogP contribution in [-0.4, -0.2) is 49.2 Å². The van der Waals surface area contributed by atoms with Crippen molar-refractivity contribution in [3.05, 3.63) is 0 Å². The molecule has 0 aromatic heterocycles. The summed E-state index contributed by atoms with van der Waals surface area (Å²) in [6, 6.07) is 0.354. The van der Waals surface area contributed by atoms with E-state index in [4.69, 9.17) is 4.74 Å². The second-order valence-electron chi connectivity index (χ2n) is 4.53. The minimum atomic E-state index is -0.704. The Morgan fingerprint density at radius 2 is 2.13 bits per heavy atom. The van der Waals surface area contributed by atoms with Crippen LogP contribution in [-0.2, 0) is 9.53 Å². The molecule has 0 bridgehead atoms. The number of ether oxygens (including phenoxy) is 1. The van der Waals surface area contributed by atoms with Crippen LogP contribution in [0.3, 0.4) is 0 Å². The van der Waals surface area contributed by atoms with Crippen LogP contribution < -0.4 is 5.32 Å². The number of amides is 1. The van der Waals surface area contributed by atoms with Crippen LogP contribution in [0.5, 0.6) is 0 Å². The SMILES string of the molecule is CCCN(C(=O)C(C)(C)OC)C1CNC1. The van der Waals surface area contributed by atoms with E-state index in [9.17, 15) is 4.79 Å². The van der Waals surface area contributed by atoms with E-state index in [1.807, 2.05) is 18.7 Å². The minimum Gasteiger partial charge on any atom is -0.369 e. The molecule has 15 heavy (non-hydrogen) atoms. The molecule has 1 N–H and O–H groups in total. The maximum absolute atomic E-state index is 12.2. The third-order valence-electron chi connectivity index (χ3n) is 2.95. The predicted octanol–water partition coefficient (Wildman–Crippen LogP) is 0.622. The zero-order chi connectivity index (χ0) is 11.5. The van der Waals surface area contributed by atoms with Gasteiger partial charge in [-0.25, -0.2) is 0 Å². The van der Waals surface area contributed by atoms with Gasteiger partial charge in [-0.3, -0.25) is 4.79 Å². The van der Waals surface area contributed by atoms with Crippen LogP contribution in [0.2, 0.25) is 0 Å². The summed E-state index contributed by atoms with van der Waals surface area (Å²) in [5, 5.41) is 3.19. The number of rotatable bonds is 5. The normalized spacial score (nSPS) is 17.3. The molecule has 0 saturated carbocycles. The second-order valence-corrected chi connectivity index (χ2v) is 4.53. The number of hydrogen-bond donors (Lipinski definition) is 1. The molecule has 0 spiro atoms. The highest BCUT2D eigenvalue weighted by molar-refractivity contribution is 5.84. The standard InChI is InChI=1S/C11H22N2O2/c1-5-6-13(9-7-12-8-9)10(14)11(2,3)15-4/h9,12H,5-8H2,1-4H3. The number of methoxy groups -OCH3 is 1. The molecular weight excluding hydrogens is 192 g/mol. The summed E-state index contributed by atoms with van der Waals surface area (Å²) in [5.41, 5.74) is -0.704. The lowest BCUT2D eigenvalue weighted by atomic mass is 10.0. The van der Waals surface area contributed by atoms with Gasteiger partial charge >= 0.3 is 0 Å². The zero-order valence-electron chi connectivity index (χ0n) is 10.2. The van der Waals surface area contributed by atoms with Crippen molar-refractivity contribution < 1.29 is 9.53 Å². The molecule has 0 aliphatic carbocycles. The molecule has 88 valence electrons. The highest BCUT2D eigenvalue weighted by Gasteiger charge is 2.36. The van der Waals surface area contributed by atoms with Gasteiger partial charge in [-0.05, 0) is 20.3 Å². The summed E-state index contributed by atoms with van der Waals surface area (Å²) in [7, 11) is 1.58. The van der Waals surface area contributed by atoms with E-state index < -0.39 is 5.60 Å². The van der Waals surface area contributed by atoms with Gasteiger partial charge in [0.05, 0.1) is 6.04 Å². The van der Waals surface area contributed by atoms with E-state index in [2.05, 4.69) is 12.2 Å². The van der Waals surface area contributed by atoms with E-state index in [-0.39, 0.29) is 5.91 Å². The monoisotopic (exact) mass is 214 g/mol. The van der Waals surface area contributed by atoms with Crippen molar-refractivity contribution >= 4 is 5.91 Å². The van der Waals surface area contributed by atoms with Crippen molar-refractivity contribution in [2.75, 3.05) is 26.7 Å². The Kier molecular flexibility index (Phi) is 4.11. The molecule has 0 aromatic rings. The van der Waals surface area contributed by atoms with Gasteiger partial charge in [-0.15, -0.1) is 0 Å². The molecule has 1 fully saturated rings. The van der Waals surface area contributed by atoms with Crippen LogP contribution in [0.25, 0.3) is 0 Å². The molecule has 1 rings (SSSR count). The second kappa shape index (κ2) is 4.94. The molecule has 1 amide bonds. The van der Waals surface area contributed by atoms with Gasteiger partial charge in [-0.1, -0.05) is 6.92 Å². The highest BCUT2D eigenvalue weighted by atomic mass is 16.5. The maximum Gasteiger partial charge on any atom is 0.254 e. The van der Waals surface area contributed by atoms with E-state index in [0.717, 1.165) is 26.1 Å². The third-order valence-corrected chi connectivity index (χ3v) is 2.95. The van der Waals surface area contributed by atoms with Crippen LogP contribution >= 0.6 is 0 Å². The number of hydrogen-bond acceptors (Lipinski definition) is 3. The molecule has 4 nitrogen and oxygen atoms in total. The third kappa shape index (κ3) is 2.69. The summed E-state index contributed by atoms with van der Waals surface area (Å²) in [5.74, 6) is 0.0957. The van der Waals surface area contributed by atoms with E-state index in [1.54, 1.807) is 7.11 Å². The average molecular weight is 214 g/mol. The molecule has 1 heterocycles. The summed E-state index contributed by atoms with van der Waals surface area (Å²) in [4.78, 5) is 14.1. The minimum absolute atomic E-state index is 0.0957. The number of carbonyl (C=O) groups excluding carboxylic acids is 1. The summed E-state index contributed by atoms with van der Waals surface area (Å²) in [6.45, 7) is 8.37. The molecule has 1 aliphatic heterocycles. The average Bonchev–Trinajstić information content (AvgIpc) is 2.13. The van der Waals surface area contributed by atoms with Crippen molar-refractivity contribution in [2.24, 2.45) is 0 Å². The van der Waals surface area contributed by atoms with Crippen LogP contribution in [0.15, 0.2) is 0 Å². The van der Waals surface area contributed by atoms with Gasteiger partial charge in [0.15, 0.2) is 0 Å². The molecule has 1 aliphatic rings. The number of nitrogens with one attached hydrogen (secondary N) is 1. The number of carbonyl (C=O) groups is 1. The maximum atomic E-state index is 12.2. The van der Waals surface area contributed by atoms with Crippen molar-refractivity contribution in [3.63, 3.8) is 0 Å². The van der Waals surface area contributed by atoms with Gasteiger partial charge in [0.1, 0.15) is 5.60 Å². The lowest BCUT2D eigenvalue weighted by Crippen LogP contribution is -2.62. The molecule has 0 radical (unpaired) electrons. The molecule has 1 saturated heterocycles. The smallest absolute Gasteiger partial charge is 0.254 e. The summed E-state index contributed by atoms with van der Waals surface area (Å²) >= 11 is 0. The molecule has 0 unspecified atom stereocenters. The Balaban J connectivity index is 2.66. The van der Waals surface area contributed by atoms with Gasteiger partial charge in [0, 0.05) is 26.7 Å². The summed E-state index contributed by atoms with van der Waals surface area (Å²) < 4.78 is 5.23. The Bertz CT molecular complexity index is 225. The van der Waals surface area contributed by atoms with Crippen LogP contribution in [0, 0.1) is 0 Å². The molecule has 4 heteroatoms. The Hall–Kier alpha value is -0.610. The first-order valence-electron chi connectivity index (χ1n) is 5.60. The zero-order valence-corrected chi connectivity index (χ0v) is 10.2. The van der Waals surface area contributed by atoms with Gasteiger partial charge < -0.3 is 15.0 Å². The summed E-state index contributed by atoms with van der Waals surface area (Å²) in [6.07, 6.45) is 0.988. The van der Waals surface area contributed by atoms with Crippen molar-refractivity contribution in [1.29, 1.82) is 0 Å². The van der Waals surface area contributed by atoms with Crippen LogP contribution in [0.4, 0.5) is 0 Å². The number of nitrogens with zero attached hydrogens (tertiary/aromatic N) is 1. The first kappa shape index (κ1) is 12.5. The molecule has 0 atom stereocenters. The lowest BCUT2D eigenvalue weighted by molar-refractivity contribution is -0.154. The van der Waals surface area contributed by atoms with E-state index in [0.29, 0.717) is 6.04 Å². The molecule has 0 aromatic carbocycles. The highest BCUT2D eigenvalue weighted by Crippen LogP contribution is 2.16. The van der Waals surface area contributed by atoms with Crippen LogP contribution in [0.1, 0.15) is 27.2 Å². The van der Waals surface area contributed by atoms with Gasteiger partial charge in [-0.2, -0.15) is 0 Å². The van der Waals surface area contributed by atoms with Gasteiger partial charge in [0.2, 0.25) is 0 Å². The predicted molar refractivity (Wildman–Crippen MR) is 59.7 cm³/mol. The van der Waals surface area contributed by atoms with Gasteiger partial charge in [0.25, 0.3) is 5.91 Å². The fourth-order valence-electron chi connectivity index (χ4n) is 1.62. The first-order valence-corrected chi connectivity index (χ1v) is 5.60. The Morgan fingerprint density at radius 1 is 1.53 bits per heavy atom. The van der Waals surface area contributed by atoms with E-state index in [1.165, 1.54) is 0 Å². The largest absolute Gasteiger partial charge is 0.369 e. The first-order chi connectivity index (χ1) is 7.03. The van der Waals surface area contributed by atoms with Crippen molar-refractivity contribution in [2.45, 2.75) is 38.8 Å². The quantitative estimate of drug-likeness (QED) is 0.729. The topological polar surface area (TPSA) is 41.6 Å². The van der Waals surface area contributed by atoms with Crippen molar-refractivity contribution in [1.82, 2.24) is 10.2 Å².